The maximum Gasteiger partial charge on any atom is 0.332 e. The average Bonchev–Trinajstić information content (AvgIpc) is 2.51. The molecule has 21 heavy (non-hydrogen) atoms. The van der Waals surface area contributed by atoms with Crippen LogP contribution in [0.2, 0.25) is 0 Å². The molecule has 1 unspecified atom stereocenters. The molecular weight excluding hydrogens is 272 g/mol. The van der Waals surface area contributed by atoms with Crippen LogP contribution in [0, 0.1) is 0 Å². The van der Waals surface area contributed by atoms with Gasteiger partial charge in [0.25, 0.3) is 11.3 Å². The van der Waals surface area contributed by atoms with E-state index in [2.05, 4.69) is 10.1 Å². The molecule has 0 fully saturated rings. The lowest BCUT2D eigenvalue weighted by molar-refractivity contribution is -0.0455. The van der Waals surface area contributed by atoms with Gasteiger partial charge < -0.3 is 4.84 Å². The molecule has 2 heterocycles. The minimum Gasteiger partial charge on any atom is -0.360 e. The van der Waals surface area contributed by atoms with E-state index >= 15 is 0 Å². The van der Waals surface area contributed by atoms with Gasteiger partial charge in [0.2, 0.25) is 5.36 Å². The van der Waals surface area contributed by atoms with Crippen LogP contribution in [0.5, 0.6) is 0 Å². The minimum atomic E-state index is -1.06. The Morgan fingerprint density at radius 1 is 1.10 bits per heavy atom. The topological polar surface area (TPSA) is 78.0 Å². The molecule has 1 aromatic carbocycles. The first-order valence-corrected chi connectivity index (χ1v) is 6.42. The Bertz CT molecular complexity index is 943. The van der Waals surface area contributed by atoms with Crippen LogP contribution in [0.1, 0.15) is 12.5 Å². The Morgan fingerprint density at radius 2 is 1.76 bits per heavy atom. The summed E-state index contributed by atoms with van der Waals surface area (Å²) >= 11 is 0. The van der Waals surface area contributed by atoms with Crippen molar-refractivity contribution in [3.8, 4) is 0 Å². The third kappa shape index (κ3) is 1.89. The molecule has 0 N–H and O–H groups in total. The Kier molecular flexibility index (Phi) is 2.79. The quantitative estimate of drug-likeness (QED) is 0.684. The standard InChI is InChI=1S/C14H14N4O3/c1-14(9-7-5-4-6-8-9)15-11-10(16-21-14)12(19)18(3)13(20)17(11)2/h4-8H,1-3H3. The average molecular weight is 286 g/mol. The number of hydrogen-bond acceptors (Lipinski definition) is 5. The molecule has 1 aliphatic heterocycles. The van der Waals surface area contributed by atoms with Crippen molar-refractivity contribution in [1.82, 2.24) is 9.13 Å². The molecule has 0 saturated carbocycles. The van der Waals surface area contributed by atoms with Gasteiger partial charge in [-0.2, -0.15) is 0 Å². The number of nitrogens with zero attached hydrogens (tertiary/aromatic N) is 4. The summed E-state index contributed by atoms with van der Waals surface area (Å²) in [5, 5.41) is 3.93. The highest BCUT2D eigenvalue weighted by Crippen LogP contribution is 2.26. The summed E-state index contributed by atoms with van der Waals surface area (Å²) in [6.07, 6.45) is 0. The van der Waals surface area contributed by atoms with E-state index in [-0.39, 0.29) is 10.8 Å². The van der Waals surface area contributed by atoms with E-state index in [1.807, 2.05) is 30.3 Å². The SMILES string of the molecule is Cn1c(=O)c2c(n(C)c1=O)=NC(C)(c1ccccc1)ON=2. The Morgan fingerprint density at radius 3 is 2.43 bits per heavy atom. The maximum atomic E-state index is 12.0. The highest BCUT2D eigenvalue weighted by molar-refractivity contribution is 5.21. The summed E-state index contributed by atoms with van der Waals surface area (Å²) in [4.78, 5) is 33.9. The molecule has 0 aliphatic carbocycles. The van der Waals surface area contributed by atoms with E-state index in [0.29, 0.717) is 0 Å². The summed E-state index contributed by atoms with van der Waals surface area (Å²) in [6.45, 7) is 1.73. The van der Waals surface area contributed by atoms with Crippen LogP contribution in [-0.4, -0.2) is 9.13 Å². The second kappa shape index (κ2) is 4.41. The third-order valence-electron chi connectivity index (χ3n) is 3.55. The number of fused-ring (bicyclic) bond motifs is 1. The fraction of sp³-hybridized carbons (Fsp3) is 0.286. The van der Waals surface area contributed by atoms with Gasteiger partial charge in [-0.15, -0.1) is 0 Å². The maximum absolute atomic E-state index is 12.0. The van der Waals surface area contributed by atoms with Crippen LogP contribution in [0.25, 0.3) is 0 Å². The van der Waals surface area contributed by atoms with Crippen molar-refractivity contribution in [2.24, 2.45) is 24.2 Å². The summed E-state index contributed by atoms with van der Waals surface area (Å²) in [6, 6.07) is 9.30. The lowest BCUT2D eigenvalue weighted by atomic mass is 10.1. The molecule has 3 rings (SSSR count). The van der Waals surface area contributed by atoms with Crippen LogP contribution < -0.4 is 22.1 Å². The molecule has 1 atom stereocenters. The molecule has 0 spiro atoms. The van der Waals surface area contributed by atoms with Crippen molar-refractivity contribution in [1.29, 1.82) is 0 Å². The number of hydrogen-bond donors (Lipinski definition) is 0. The molecule has 108 valence electrons. The molecule has 7 heteroatoms. The minimum absolute atomic E-state index is 0.0352. The molecule has 0 radical (unpaired) electrons. The van der Waals surface area contributed by atoms with Crippen LogP contribution in [0.3, 0.4) is 0 Å². The van der Waals surface area contributed by atoms with Gasteiger partial charge in [-0.3, -0.25) is 13.9 Å². The van der Waals surface area contributed by atoms with Crippen molar-refractivity contribution in [3.63, 3.8) is 0 Å². The van der Waals surface area contributed by atoms with E-state index < -0.39 is 17.0 Å². The monoisotopic (exact) mass is 286 g/mol. The normalized spacial score (nSPS) is 20.0. The Hall–Kier alpha value is -2.70. The highest BCUT2D eigenvalue weighted by Gasteiger charge is 2.31. The Balaban J connectivity index is 2.37. The van der Waals surface area contributed by atoms with Crippen molar-refractivity contribution < 1.29 is 4.84 Å². The number of benzene rings is 1. The van der Waals surface area contributed by atoms with E-state index in [1.54, 1.807) is 14.0 Å². The van der Waals surface area contributed by atoms with Crippen LogP contribution >= 0.6 is 0 Å². The van der Waals surface area contributed by atoms with Crippen molar-refractivity contribution >= 4 is 0 Å². The molecule has 1 aliphatic rings. The van der Waals surface area contributed by atoms with Gasteiger partial charge in [0, 0.05) is 26.6 Å². The Labute approximate surface area is 119 Å². The van der Waals surface area contributed by atoms with Crippen LogP contribution in [-0.2, 0) is 24.7 Å². The van der Waals surface area contributed by atoms with Gasteiger partial charge in [0.05, 0.1) is 0 Å². The highest BCUT2D eigenvalue weighted by atomic mass is 16.7. The summed E-state index contributed by atoms with van der Waals surface area (Å²) < 4.78 is 2.27. The zero-order valence-corrected chi connectivity index (χ0v) is 11.9. The molecule has 1 aromatic heterocycles. The van der Waals surface area contributed by atoms with Gasteiger partial charge in [0.15, 0.2) is 5.49 Å². The second-order valence-corrected chi connectivity index (χ2v) is 5.02. The number of rotatable bonds is 1. The predicted molar refractivity (Wildman–Crippen MR) is 74.1 cm³/mol. The van der Waals surface area contributed by atoms with E-state index in [1.165, 1.54) is 11.6 Å². The lowest BCUT2D eigenvalue weighted by Gasteiger charge is -2.25. The molecule has 2 aromatic rings. The van der Waals surface area contributed by atoms with Gasteiger partial charge >= 0.3 is 5.69 Å². The third-order valence-corrected chi connectivity index (χ3v) is 3.55. The van der Waals surface area contributed by atoms with Crippen molar-refractivity contribution in [2.75, 3.05) is 0 Å². The fourth-order valence-corrected chi connectivity index (χ4v) is 2.25. The molecule has 0 saturated heterocycles. The first-order chi connectivity index (χ1) is 9.94. The van der Waals surface area contributed by atoms with Gasteiger partial charge in [-0.1, -0.05) is 35.5 Å². The molecule has 7 nitrogen and oxygen atoms in total. The summed E-state index contributed by atoms with van der Waals surface area (Å²) in [5.74, 6) is 0. The van der Waals surface area contributed by atoms with E-state index in [4.69, 9.17) is 4.84 Å². The molecular formula is C14H14N4O3. The van der Waals surface area contributed by atoms with Gasteiger partial charge in [0.1, 0.15) is 0 Å². The van der Waals surface area contributed by atoms with Gasteiger partial charge in [-0.25, -0.2) is 9.79 Å². The smallest absolute Gasteiger partial charge is 0.332 e. The molecule has 0 bridgehead atoms. The van der Waals surface area contributed by atoms with E-state index in [0.717, 1.165) is 10.1 Å². The number of aromatic nitrogens is 2. The zero-order chi connectivity index (χ0) is 15.2. The summed E-state index contributed by atoms with van der Waals surface area (Å²) in [7, 11) is 2.95. The predicted octanol–water partition coefficient (Wildman–Crippen LogP) is -0.859. The fourth-order valence-electron chi connectivity index (χ4n) is 2.25. The largest absolute Gasteiger partial charge is 0.360 e. The summed E-state index contributed by atoms with van der Waals surface area (Å²) in [5.41, 5.74) is -1.03. The van der Waals surface area contributed by atoms with Crippen molar-refractivity contribution in [2.45, 2.75) is 12.6 Å². The lowest BCUT2D eigenvalue weighted by Crippen LogP contribution is -2.59. The van der Waals surface area contributed by atoms with Gasteiger partial charge in [-0.05, 0) is 0 Å². The van der Waals surface area contributed by atoms with Crippen LogP contribution in [0.15, 0.2) is 50.1 Å². The first kappa shape index (κ1) is 13.3. The van der Waals surface area contributed by atoms with Crippen molar-refractivity contribution in [3.05, 3.63) is 67.6 Å². The zero-order valence-electron chi connectivity index (χ0n) is 11.9. The van der Waals surface area contributed by atoms with Crippen LogP contribution in [0.4, 0.5) is 0 Å². The second-order valence-electron chi connectivity index (χ2n) is 5.02. The first-order valence-electron chi connectivity index (χ1n) is 6.42. The molecule has 0 amide bonds. The van der Waals surface area contributed by atoms with E-state index in [9.17, 15) is 9.59 Å².